The van der Waals surface area contributed by atoms with Gasteiger partial charge in [0.1, 0.15) is 0 Å². The first kappa shape index (κ1) is 9.79. The molecule has 0 aromatic carbocycles. The second-order valence-corrected chi connectivity index (χ2v) is 6.15. The van der Waals surface area contributed by atoms with E-state index < -0.39 is 0 Å². The Labute approximate surface area is 95.1 Å². The molecule has 2 nitrogen and oxygen atoms in total. The van der Waals surface area contributed by atoms with E-state index in [1.54, 1.807) is 4.88 Å². The highest BCUT2D eigenvalue weighted by molar-refractivity contribution is 7.12. The molecular formula is C12H18N2S. The molecule has 0 unspecified atom stereocenters. The summed E-state index contributed by atoms with van der Waals surface area (Å²) in [5.41, 5.74) is 1.44. The zero-order valence-corrected chi connectivity index (χ0v) is 10.2. The van der Waals surface area contributed by atoms with Crippen molar-refractivity contribution in [1.82, 2.24) is 10.3 Å². The van der Waals surface area contributed by atoms with Gasteiger partial charge in [0.2, 0.25) is 0 Å². The first-order chi connectivity index (χ1) is 7.25. The lowest BCUT2D eigenvalue weighted by Gasteiger charge is -2.24. The maximum absolute atomic E-state index is 4.89. The summed E-state index contributed by atoms with van der Waals surface area (Å²) in [6, 6.07) is 0. The van der Waals surface area contributed by atoms with Crippen LogP contribution < -0.4 is 5.32 Å². The molecule has 15 heavy (non-hydrogen) atoms. The van der Waals surface area contributed by atoms with Gasteiger partial charge in [0.15, 0.2) is 0 Å². The normalized spacial score (nSPS) is 22.1. The van der Waals surface area contributed by atoms with Crippen molar-refractivity contribution in [3.8, 4) is 0 Å². The minimum atomic E-state index is 0.653. The van der Waals surface area contributed by atoms with Crippen LogP contribution in [0.5, 0.6) is 0 Å². The fourth-order valence-corrected chi connectivity index (χ4v) is 3.32. The van der Waals surface area contributed by atoms with E-state index in [4.69, 9.17) is 4.98 Å². The topological polar surface area (TPSA) is 24.9 Å². The standard InChI is InChI=1S/C12H18N2S/c1-7(2)11-10(8-3-4-8)14-12(15-11)9-5-13-6-9/h7-9,13H,3-6H2,1-2H3. The van der Waals surface area contributed by atoms with Gasteiger partial charge in [-0.05, 0) is 18.8 Å². The molecule has 82 valence electrons. The lowest BCUT2D eigenvalue weighted by atomic mass is 10.0. The van der Waals surface area contributed by atoms with Gasteiger partial charge in [-0.2, -0.15) is 0 Å². The Morgan fingerprint density at radius 1 is 1.27 bits per heavy atom. The molecule has 3 rings (SSSR count). The first-order valence-electron chi connectivity index (χ1n) is 5.97. The van der Waals surface area contributed by atoms with Gasteiger partial charge in [-0.3, -0.25) is 0 Å². The highest BCUT2D eigenvalue weighted by Crippen LogP contribution is 2.45. The number of nitrogens with zero attached hydrogens (tertiary/aromatic N) is 1. The summed E-state index contributed by atoms with van der Waals surface area (Å²) in [6.45, 7) is 6.86. The highest BCUT2D eigenvalue weighted by atomic mass is 32.1. The van der Waals surface area contributed by atoms with Crippen molar-refractivity contribution in [1.29, 1.82) is 0 Å². The quantitative estimate of drug-likeness (QED) is 0.850. The highest BCUT2D eigenvalue weighted by Gasteiger charge is 2.32. The molecule has 2 fully saturated rings. The van der Waals surface area contributed by atoms with E-state index >= 15 is 0 Å². The molecule has 0 amide bonds. The molecule has 1 aromatic rings. The predicted octanol–water partition coefficient (Wildman–Crippen LogP) is 2.83. The summed E-state index contributed by atoms with van der Waals surface area (Å²) in [5, 5.41) is 4.72. The summed E-state index contributed by atoms with van der Waals surface area (Å²) in [5.74, 6) is 2.17. The lowest BCUT2D eigenvalue weighted by Crippen LogP contribution is -2.39. The van der Waals surface area contributed by atoms with E-state index in [0.29, 0.717) is 11.8 Å². The summed E-state index contributed by atoms with van der Waals surface area (Å²) < 4.78 is 0. The van der Waals surface area contributed by atoms with E-state index in [2.05, 4.69) is 19.2 Å². The summed E-state index contributed by atoms with van der Waals surface area (Å²) >= 11 is 1.97. The number of thiazole rings is 1. The second kappa shape index (κ2) is 3.56. The van der Waals surface area contributed by atoms with Crippen molar-refractivity contribution in [3.05, 3.63) is 15.6 Å². The maximum atomic E-state index is 4.89. The molecule has 1 saturated carbocycles. The zero-order valence-electron chi connectivity index (χ0n) is 9.42. The number of hydrogen-bond acceptors (Lipinski definition) is 3. The number of nitrogens with one attached hydrogen (secondary N) is 1. The predicted molar refractivity (Wildman–Crippen MR) is 63.8 cm³/mol. The largest absolute Gasteiger partial charge is 0.315 e. The van der Waals surface area contributed by atoms with E-state index in [0.717, 1.165) is 19.0 Å². The molecular weight excluding hydrogens is 204 g/mol. The monoisotopic (exact) mass is 222 g/mol. The molecule has 3 heteroatoms. The Morgan fingerprint density at radius 2 is 2.00 bits per heavy atom. The van der Waals surface area contributed by atoms with Crippen LogP contribution in [-0.2, 0) is 0 Å². The van der Waals surface area contributed by atoms with Gasteiger partial charge in [0, 0.05) is 29.8 Å². The van der Waals surface area contributed by atoms with Gasteiger partial charge in [0.05, 0.1) is 10.7 Å². The SMILES string of the molecule is CC(C)c1sc(C2CNC2)nc1C1CC1. The van der Waals surface area contributed by atoms with Crippen LogP contribution in [0.25, 0.3) is 0 Å². The van der Waals surface area contributed by atoms with Gasteiger partial charge < -0.3 is 5.32 Å². The van der Waals surface area contributed by atoms with Crippen molar-refractivity contribution in [2.24, 2.45) is 0 Å². The zero-order chi connectivity index (χ0) is 10.4. The Balaban J connectivity index is 1.92. The van der Waals surface area contributed by atoms with E-state index in [-0.39, 0.29) is 0 Å². The van der Waals surface area contributed by atoms with Crippen LogP contribution in [-0.4, -0.2) is 18.1 Å². The van der Waals surface area contributed by atoms with Crippen LogP contribution in [0, 0.1) is 0 Å². The number of hydrogen-bond donors (Lipinski definition) is 1. The van der Waals surface area contributed by atoms with Crippen LogP contribution in [0.3, 0.4) is 0 Å². The third-order valence-electron chi connectivity index (χ3n) is 3.32. The average molecular weight is 222 g/mol. The van der Waals surface area contributed by atoms with E-state index in [1.165, 1.54) is 23.5 Å². The summed E-state index contributed by atoms with van der Waals surface area (Å²) in [6.07, 6.45) is 2.73. The molecule has 2 aliphatic rings. The van der Waals surface area contributed by atoms with Crippen LogP contribution in [0.4, 0.5) is 0 Å². The van der Waals surface area contributed by atoms with Gasteiger partial charge in [-0.1, -0.05) is 13.8 Å². The minimum absolute atomic E-state index is 0.653. The van der Waals surface area contributed by atoms with Crippen LogP contribution in [0.15, 0.2) is 0 Å². The minimum Gasteiger partial charge on any atom is -0.315 e. The molecule has 2 heterocycles. The molecule has 1 aromatic heterocycles. The van der Waals surface area contributed by atoms with Gasteiger partial charge in [-0.15, -0.1) is 11.3 Å². The first-order valence-corrected chi connectivity index (χ1v) is 6.78. The average Bonchev–Trinajstić information content (AvgIpc) is 2.85. The smallest absolute Gasteiger partial charge is 0.0987 e. The Bertz CT molecular complexity index is 342. The third-order valence-corrected chi connectivity index (χ3v) is 4.85. The molecule has 1 N–H and O–H groups in total. The van der Waals surface area contributed by atoms with Crippen LogP contribution >= 0.6 is 11.3 Å². The van der Waals surface area contributed by atoms with Crippen LogP contribution in [0.2, 0.25) is 0 Å². The van der Waals surface area contributed by atoms with Crippen molar-refractivity contribution < 1.29 is 0 Å². The molecule has 0 spiro atoms. The fraction of sp³-hybridized carbons (Fsp3) is 0.750. The van der Waals surface area contributed by atoms with Crippen molar-refractivity contribution in [3.63, 3.8) is 0 Å². The Kier molecular flexibility index (Phi) is 2.33. The van der Waals surface area contributed by atoms with Gasteiger partial charge in [0.25, 0.3) is 0 Å². The van der Waals surface area contributed by atoms with Crippen molar-refractivity contribution in [2.45, 2.75) is 44.4 Å². The van der Waals surface area contributed by atoms with E-state index in [9.17, 15) is 0 Å². The van der Waals surface area contributed by atoms with Gasteiger partial charge in [-0.25, -0.2) is 4.98 Å². The van der Waals surface area contributed by atoms with Crippen molar-refractivity contribution in [2.75, 3.05) is 13.1 Å². The Morgan fingerprint density at radius 3 is 2.47 bits per heavy atom. The maximum Gasteiger partial charge on any atom is 0.0987 e. The van der Waals surface area contributed by atoms with Gasteiger partial charge >= 0.3 is 0 Å². The summed E-state index contributed by atoms with van der Waals surface area (Å²) in [7, 11) is 0. The molecule has 0 atom stereocenters. The number of aromatic nitrogens is 1. The molecule has 1 saturated heterocycles. The third kappa shape index (κ3) is 1.72. The summed E-state index contributed by atoms with van der Waals surface area (Å²) in [4.78, 5) is 6.45. The molecule has 0 radical (unpaired) electrons. The van der Waals surface area contributed by atoms with E-state index in [1.807, 2.05) is 11.3 Å². The molecule has 1 aliphatic heterocycles. The lowest BCUT2D eigenvalue weighted by molar-refractivity contribution is 0.446. The number of rotatable bonds is 3. The Hall–Kier alpha value is -0.410. The fourth-order valence-electron chi connectivity index (χ4n) is 2.06. The molecule has 1 aliphatic carbocycles. The van der Waals surface area contributed by atoms with Crippen LogP contribution in [0.1, 0.15) is 60.0 Å². The second-order valence-electron chi connectivity index (χ2n) is 5.09. The van der Waals surface area contributed by atoms with Crippen molar-refractivity contribution >= 4 is 11.3 Å². The molecule has 0 bridgehead atoms.